The largest absolute Gasteiger partial charge is 0.476 e. The number of aryl methyl sites for hydroxylation is 1. The van der Waals surface area contributed by atoms with E-state index in [1.165, 1.54) is 0 Å². The van der Waals surface area contributed by atoms with Gasteiger partial charge in [0.05, 0.1) is 5.69 Å². The van der Waals surface area contributed by atoms with Gasteiger partial charge in [0.1, 0.15) is 0 Å². The number of rotatable bonds is 1. The van der Waals surface area contributed by atoms with Crippen molar-refractivity contribution in [1.29, 1.82) is 0 Å². The standard InChI is InChI=1S/C6H4Cl2N2O2/c1-2-4(7)10-3(6(11)12)5(8)9-2/h1H3,(H,11,12). The van der Waals surface area contributed by atoms with Gasteiger partial charge < -0.3 is 5.11 Å². The highest BCUT2D eigenvalue weighted by Gasteiger charge is 2.14. The molecule has 0 aliphatic carbocycles. The molecule has 4 nitrogen and oxygen atoms in total. The molecule has 64 valence electrons. The monoisotopic (exact) mass is 206 g/mol. The maximum absolute atomic E-state index is 10.4. The van der Waals surface area contributed by atoms with Crippen molar-refractivity contribution in [3.05, 3.63) is 21.7 Å². The Hall–Kier alpha value is -0.870. The van der Waals surface area contributed by atoms with Crippen molar-refractivity contribution in [3.8, 4) is 0 Å². The lowest BCUT2D eigenvalue weighted by Gasteiger charge is -1.99. The summed E-state index contributed by atoms with van der Waals surface area (Å²) in [4.78, 5) is 17.7. The van der Waals surface area contributed by atoms with Crippen molar-refractivity contribution in [1.82, 2.24) is 9.97 Å². The van der Waals surface area contributed by atoms with Gasteiger partial charge in [0.15, 0.2) is 16.0 Å². The molecule has 1 N–H and O–H groups in total. The van der Waals surface area contributed by atoms with Gasteiger partial charge in [0.2, 0.25) is 0 Å². The maximum atomic E-state index is 10.4. The lowest BCUT2D eigenvalue weighted by Crippen LogP contribution is -2.04. The van der Waals surface area contributed by atoms with Crippen molar-refractivity contribution in [2.24, 2.45) is 0 Å². The summed E-state index contributed by atoms with van der Waals surface area (Å²) in [5.41, 5.74) is 0.0823. The van der Waals surface area contributed by atoms with Crippen molar-refractivity contribution >= 4 is 29.2 Å². The summed E-state index contributed by atoms with van der Waals surface area (Å²) in [5, 5.41) is 8.44. The lowest BCUT2D eigenvalue weighted by atomic mass is 10.4. The molecule has 0 atom stereocenters. The molecule has 0 fully saturated rings. The minimum absolute atomic E-state index is 0.0526. The normalized spacial score (nSPS) is 9.92. The van der Waals surface area contributed by atoms with E-state index in [0.717, 1.165) is 0 Å². The second kappa shape index (κ2) is 3.25. The topological polar surface area (TPSA) is 63.1 Å². The fraction of sp³-hybridized carbons (Fsp3) is 0.167. The van der Waals surface area contributed by atoms with Crippen LogP contribution in [0.25, 0.3) is 0 Å². The molecule has 0 spiro atoms. The summed E-state index contributed by atoms with van der Waals surface area (Å²) in [6, 6.07) is 0. The molecule has 12 heavy (non-hydrogen) atoms. The average molecular weight is 207 g/mol. The molecule has 6 heteroatoms. The predicted octanol–water partition coefficient (Wildman–Crippen LogP) is 1.79. The Morgan fingerprint density at radius 3 is 2.42 bits per heavy atom. The minimum atomic E-state index is -1.24. The number of hydrogen-bond donors (Lipinski definition) is 1. The van der Waals surface area contributed by atoms with Crippen LogP contribution in [0.15, 0.2) is 0 Å². The summed E-state index contributed by atoms with van der Waals surface area (Å²) in [5.74, 6) is -1.24. The Bertz CT molecular complexity index is 341. The van der Waals surface area contributed by atoms with Crippen LogP contribution in [0, 0.1) is 6.92 Å². The first-order valence-corrected chi connectivity index (χ1v) is 3.71. The van der Waals surface area contributed by atoms with Crippen LogP contribution in [-0.4, -0.2) is 21.0 Å². The van der Waals surface area contributed by atoms with E-state index >= 15 is 0 Å². The Morgan fingerprint density at radius 1 is 1.33 bits per heavy atom. The molecule has 0 aliphatic heterocycles. The summed E-state index contributed by atoms with van der Waals surface area (Å²) in [6.45, 7) is 1.59. The molecule has 1 aromatic rings. The predicted molar refractivity (Wildman–Crippen MR) is 43.7 cm³/mol. The smallest absolute Gasteiger partial charge is 0.357 e. The molecule has 0 saturated heterocycles. The van der Waals surface area contributed by atoms with Crippen LogP contribution >= 0.6 is 23.2 Å². The van der Waals surface area contributed by atoms with Crippen LogP contribution in [-0.2, 0) is 0 Å². The minimum Gasteiger partial charge on any atom is -0.476 e. The first-order valence-electron chi connectivity index (χ1n) is 2.95. The fourth-order valence-corrected chi connectivity index (χ4v) is 0.984. The van der Waals surface area contributed by atoms with E-state index in [9.17, 15) is 4.79 Å². The number of nitrogens with zero attached hydrogens (tertiary/aromatic N) is 2. The number of aromatic nitrogens is 2. The third kappa shape index (κ3) is 1.65. The zero-order valence-electron chi connectivity index (χ0n) is 6.01. The van der Waals surface area contributed by atoms with Crippen LogP contribution in [0.2, 0.25) is 10.3 Å². The molecule has 0 bridgehead atoms. The van der Waals surface area contributed by atoms with Gasteiger partial charge in [-0.1, -0.05) is 23.2 Å². The summed E-state index contributed by atoms with van der Waals surface area (Å²) < 4.78 is 0. The number of carbonyl (C=O) groups is 1. The summed E-state index contributed by atoms with van der Waals surface area (Å²) in [7, 11) is 0. The number of carboxylic acid groups (broad SMARTS) is 1. The molecule has 1 aromatic heterocycles. The van der Waals surface area contributed by atoms with E-state index < -0.39 is 5.97 Å². The highest BCUT2D eigenvalue weighted by molar-refractivity contribution is 6.33. The average Bonchev–Trinajstić information content (AvgIpc) is 1.96. The summed E-state index contributed by atoms with van der Waals surface area (Å²) >= 11 is 11.0. The van der Waals surface area contributed by atoms with Gasteiger partial charge in [-0.2, -0.15) is 0 Å². The SMILES string of the molecule is Cc1nc(Cl)c(C(=O)O)nc1Cl. The van der Waals surface area contributed by atoms with Gasteiger partial charge in [-0.05, 0) is 6.92 Å². The van der Waals surface area contributed by atoms with Crippen molar-refractivity contribution in [2.75, 3.05) is 0 Å². The van der Waals surface area contributed by atoms with Crippen LogP contribution < -0.4 is 0 Å². The number of carboxylic acids is 1. The molecule has 0 unspecified atom stereocenters. The van der Waals surface area contributed by atoms with E-state index in [0.29, 0.717) is 5.69 Å². The number of halogens is 2. The highest BCUT2D eigenvalue weighted by atomic mass is 35.5. The molecule has 1 rings (SSSR count). The van der Waals surface area contributed by atoms with E-state index in [4.69, 9.17) is 28.3 Å². The quantitative estimate of drug-likeness (QED) is 0.762. The molecule has 1 heterocycles. The van der Waals surface area contributed by atoms with E-state index in [2.05, 4.69) is 9.97 Å². The van der Waals surface area contributed by atoms with Crippen molar-refractivity contribution < 1.29 is 9.90 Å². The maximum Gasteiger partial charge on any atom is 0.357 e. The van der Waals surface area contributed by atoms with Crippen LogP contribution in [0.3, 0.4) is 0 Å². The first kappa shape index (κ1) is 9.22. The van der Waals surface area contributed by atoms with Crippen LogP contribution in [0.4, 0.5) is 0 Å². The first-order chi connectivity index (χ1) is 5.52. The molecule has 0 saturated carbocycles. The van der Waals surface area contributed by atoms with Gasteiger partial charge >= 0.3 is 5.97 Å². The van der Waals surface area contributed by atoms with Crippen LogP contribution in [0.5, 0.6) is 0 Å². The highest BCUT2D eigenvalue weighted by Crippen LogP contribution is 2.16. The molecular weight excluding hydrogens is 203 g/mol. The third-order valence-electron chi connectivity index (χ3n) is 1.17. The Morgan fingerprint density at radius 2 is 1.92 bits per heavy atom. The zero-order chi connectivity index (χ0) is 9.30. The molecule has 0 aliphatic rings. The lowest BCUT2D eigenvalue weighted by molar-refractivity contribution is 0.0690. The Labute approximate surface area is 78.2 Å². The van der Waals surface area contributed by atoms with Gasteiger partial charge in [-0.3, -0.25) is 0 Å². The van der Waals surface area contributed by atoms with Crippen LogP contribution in [0.1, 0.15) is 16.2 Å². The van der Waals surface area contributed by atoms with Gasteiger partial charge in [-0.15, -0.1) is 0 Å². The number of hydrogen-bond acceptors (Lipinski definition) is 3. The van der Waals surface area contributed by atoms with E-state index in [1.54, 1.807) is 6.92 Å². The second-order valence-electron chi connectivity index (χ2n) is 2.04. The Balaban J connectivity index is 3.33. The second-order valence-corrected chi connectivity index (χ2v) is 2.76. The van der Waals surface area contributed by atoms with Gasteiger partial charge in [-0.25, -0.2) is 14.8 Å². The van der Waals surface area contributed by atoms with Crippen molar-refractivity contribution in [3.63, 3.8) is 0 Å². The molecule has 0 radical (unpaired) electrons. The molecular formula is C6H4Cl2N2O2. The van der Waals surface area contributed by atoms with Crippen molar-refractivity contribution in [2.45, 2.75) is 6.92 Å². The summed E-state index contributed by atoms with van der Waals surface area (Å²) in [6.07, 6.45) is 0. The van der Waals surface area contributed by atoms with Gasteiger partial charge in [0, 0.05) is 0 Å². The van der Waals surface area contributed by atoms with E-state index in [1.807, 2.05) is 0 Å². The fourth-order valence-electron chi connectivity index (χ4n) is 0.608. The third-order valence-corrected chi connectivity index (χ3v) is 1.79. The molecule has 0 amide bonds. The van der Waals surface area contributed by atoms with Gasteiger partial charge in [0.25, 0.3) is 0 Å². The molecule has 0 aromatic carbocycles. The van der Waals surface area contributed by atoms with E-state index in [-0.39, 0.29) is 16.0 Å². The zero-order valence-corrected chi connectivity index (χ0v) is 7.52. The Kier molecular flexibility index (Phi) is 2.49. The number of aromatic carboxylic acids is 1.